The van der Waals surface area contributed by atoms with E-state index in [0.29, 0.717) is 5.56 Å². The minimum atomic E-state index is -0.447. The topological polar surface area (TPSA) is 49.9 Å². The van der Waals surface area contributed by atoms with Crippen LogP contribution in [0.2, 0.25) is 0 Å². The van der Waals surface area contributed by atoms with Gasteiger partial charge in [0.05, 0.1) is 5.56 Å². The third-order valence-electron chi connectivity index (χ3n) is 5.68. The summed E-state index contributed by atoms with van der Waals surface area (Å²) in [7, 11) is 3.89. The monoisotopic (exact) mass is 358 g/mol. The predicted octanol–water partition coefficient (Wildman–Crippen LogP) is 3.34. The molecule has 1 saturated carbocycles. The number of hydrogen-bond donors (Lipinski definition) is 0. The second-order valence-corrected chi connectivity index (χ2v) is 9.25. The first-order valence-corrected chi connectivity index (χ1v) is 9.33. The molecular formula is C21H30N2O3. The zero-order chi connectivity index (χ0) is 19.1. The molecule has 1 aliphatic carbocycles. The van der Waals surface area contributed by atoms with E-state index in [2.05, 4.69) is 20.8 Å². The number of nitrogens with zero attached hydrogens (tertiary/aromatic N) is 2. The number of rotatable bonds is 4. The fourth-order valence-electron chi connectivity index (χ4n) is 4.94. The number of carbonyl (C=O) groups excluding carboxylic acids is 2. The summed E-state index contributed by atoms with van der Waals surface area (Å²) in [4.78, 5) is 28.8. The number of amides is 1. The Morgan fingerprint density at radius 2 is 1.81 bits per heavy atom. The van der Waals surface area contributed by atoms with Gasteiger partial charge in [-0.2, -0.15) is 0 Å². The van der Waals surface area contributed by atoms with Gasteiger partial charge < -0.3 is 14.5 Å². The van der Waals surface area contributed by atoms with Gasteiger partial charge >= 0.3 is 5.97 Å². The number of esters is 1. The molecule has 3 rings (SSSR count). The fraction of sp³-hybridized carbons (Fsp3) is 0.619. The van der Waals surface area contributed by atoms with Gasteiger partial charge in [-0.1, -0.05) is 20.8 Å². The van der Waals surface area contributed by atoms with Crippen LogP contribution < -0.4 is 4.90 Å². The normalized spacial score (nSPS) is 26.5. The van der Waals surface area contributed by atoms with E-state index in [1.54, 1.807) is 12.1 Å². The molecule has 2 atom stereocenters. The van der Waals surface area contributed by atoms with E-state index >= 15 is 0 Å². The van der Waals surface area contributed by atoms with Gasteiger partial charge in [-0.25, -0.2) is 4.79 Å². The zero-order valence-corrected chi connectivity index (χ0v) is 16.5. The maximum Gasteiger partial charge on any atom is 0.338 e. The van der Waals surface area contributed by atoms with Crippen LogP contribution in [0.3, 0.4) is 0 Å². The highest BCUT2D eigenvalue weighted by atomic mass is 16.5. The average molecular weight is 358 g/mol. The Morgan fingerprint density at radius 3 is 2.42 bits per heavy atom. The first-order valence-electron chi connectivity index (χ1n) is 9.33. The molecule has 0 aromatic heterocycles. The summed E-state index contributed by atoms with van der Waals surface area (Å²) in [6, 6.07) is 7.47. The molecule has 1 saturated heterocycles. The van der Waals surface area contributed by atoms with Crippen molar-refractivity contribution in [2.45, 2.75) is 46.1 Å². The van der Waals surface area contributed by atoms with E-state index in [0.717, 1.165) is 31.5 Å². The Morgan fingerprint density at radius 1 is 1.15 bits per heavy atom. The Hall–Kier alpha value is -2.04. The minimum Gasteiger partial charge on any atom is -0.452 e. The van der Waals surface area contributed by atoms with Gasteiger partial charge in [-0.3, -0.25) is 4.79 Å². The lowest BCUT2D eigenvalue weighted by atomic mass is 9.65. The van der Waals surface area contributed by atoms with Crippen molar-refractivity contribution in [3.63, 3.8) is 0 Å². The molecule has 1 aromatic carbocycles. The number of ether oxygens (including phenoxy) is 1. The molecule has 5 heteroatoms. The quantitative estimate of drug-likeness (QED) is 0.775. The standard InChI is InChI=1S/C21H30N2O3/c1-20(2)10-17-11-21(3,13-20)14-23(17)18(24)12-26-19(25)15-6-8-16(9-7-15)22(4)5/h6-9,17H,10-14H2,1-5H3/t17-,21+/m1/s1. The molecule has 2 aliphatic rings. The van der Waals surface area contributed by atoms with Crippen molar-refractivity contribution in [3.05, 3.63) is 29.8 Å². The van der Waals surface area contributed by atoms with E-state index < -0.39 is 5.97 Å². The summed E-state index contributed by atoms with van der Waals surface area (Å²) in [6.45, 7) is 7.42. The fourth-order valence-corrected chi connectivity index (χ4v) is 4.94. The van der Waals surface area contributed by atoms with Crippen LogP contribution in [0.15, 0.2) is 24.3 Å². The van der Waals surface area contributed by atoms with Crippen molar-refractivity contribution in [2.75, 3.05) is 32.1 Å². The second kappa shape index (κ2) is 6.60. The first kappa shape index (κ1) is 18.7. The van der Waals surface area contributed by atoms with Crippen LogP contribution in [0, 0.1) is 10.8 Å². The van der Waals surface area contributed by atoms with Crippen molar-refractivity contribution in [2.24, 2.45) is 10.8 Å². The van der Waals surface area contributed by atoms with Gasteiger partial charge in [0.2, 0.25) is 0 Å². The number of hydrogen-bond acceptors (Lipinski definition) is 4. The van der Waals surface area contributed by atoms with Gasteiger partial charge in [0.1, 0.15) is 0 Å². The summed E-state index contributed by atoms with van der Waals surface area (Å²) in [6.07, 6.45) is 3.22. The number of carbonyl (C=O) groups is 2. The molecule has 1 aliphatic heterocycles. The SMILES string of the molecule is CN(C)c1ccc(C(=O)OCC(=O)N2C[C@@]3(C)C[C@H]2CC(C)(C)C3)cc1. The highest BCUT2D eigenvalue weighted by Gasteiger charge is 2.50. The third-order valence-corrected chi connectivity index (χ3v) is 5.68. The Kier molecular flexibility index (Phi) is 4.76. The van der Waals surface area contributed by atoms with Crippen LogP contribution in [-0.2, 0) is 9.53 Å². The van der Waals surface area contributed by atoms with Crippen molar-refractivity contribution >= 4 is 17.6 Å². The average Bonchev–Trinajstić information content (AvgIpc) is 2.81. The van der Waals surface area contributed by atoms with Gasteiger partial charge in [-0.05, 0) is 54.4 Å². The van der Waals surface area contributed by atoms with E-state index in [1.807, 2.05) is 36.0 Å². The maximum absolute atomic E-state index is 12.7. The molecular weight excluding hydrogens is 328 g/mol. The molecule has 5 nitrogen and oxygen atoms in total. The lowest BCUT2D eigenvalue weighted by Gasteiger charge is -2.39. The highest BCUT2D eigenvalue weighted by molar-refractivity contribution is 5.91. The molecule has 1 amide bonds. The van der Waals surface area contributed by atoms with E-state index in [-0.39, 0.29) is 29.4 Å². The highest BCUT2D eigenvalue weighted by Crippen LogP contribution is 2.52. The van der Waals surface area contributed by atoms with Crippen LogP contribution in [0.25, 0.3) is 0 Å². The molecule has 2 fully saturated rings. The van der Waals surface area contributed by atoms with E-state index in [9.17, 15) is 9.59 Å². The van der Waals surface area contributed by atoms with Crippen molar-refractivity contribution < 1.29 is 14.3 Å². The molecule has 0 N–H and O–H groups in total. The first-order chi connectivity index (χ1) is 12.1. The second-order valence-electron chi connectivity index (χ2n) is 9.25. The predicted molar refractivity (Wildman–Crippen MR) is 102 cm³/mol. The number of fused-ring (bicyclic) bond motifs is 2. The van der Waals surface area contributed by atoms with E-state index in [1.165, 1.54) is 0 Å². The molecule has 1 aromatic rings. The smallest absolute Gasteiger partial charge is 0.338 e. The Balaban J connectivity index is 1.58. The van der Waals surface area contributed by atoms with Crippen molar-refractivity contribution in [3.8, 4) is 0 Å². The van der Waals surface area contributed by atoms with E-state index in [4.69, 9.17) is 4.74 Å². The van der Waals surface area contributed by atoms with Crippen molar-refractivity contribution in [1.82, 2.24) is 4.90 Å². The molecule has 26 heavy (non-hydrogen) atoms. The molecule has 2 bridgehead atoms. The maximum atomic E-state index is 12.7. The molecule has 142 valence electrons. The minimum absolute atomic E-state index is 0.0744. The van der Waals surface area contributed by atoms with Crippen LogP contribution in [0.1, 0.15) is 50.4 Å². The molecule has 1 heterocycles. The molecule has 0 radical (unpaired) electrons. The van der Waals surface area contributed by atoms with Crippen LogP contribution in [0.5, 0.6) is 0 Å². The lowest BCUT2D eigenvalue weighted by molar-refractivity contribution is -0.135. The number of benzene rings is 1. The largest absolute Gasteiger partial charge is 0.452 e. The van der Waals surface area contributed by atoms with Crippen molar-refractivity contribution in [1.29, 1.82) is 0 Å². The van der Waals surface area contributed by atoms with Crippen LogP contribution in [0.4, 0.5) is 5.69 Å². The Labute approximate surface area is 156 Å². The third kappa shape index (κ3) is 3.87. The van der Waals surface area contributed by atoms with Gasteiger partial charge in [0.25, 0.3) is 5.91 Å². The zero-order valence-electron chi connectivity index (χ0n) is 16.5. The summed E-state index contributed by atoms with van der Waals surface area (Å²) in [5, 5.41) is 0. The van der Waals surface area contributed by atoms with Crippen LogP contribution in [-0.4, -0.2) is 50.1 Å². The number of likely N-dealkylation sites (tertiary alicyclic amines) is 1. The molecule has 0 spiro atoms. The summed E-state index contributed by atoms with van der Waals surface area (Å²) >= 11 is 0. The number of anilines is 1. The van der Waals surface area contributed by atoms with Gasteiger partial charge in [0.15, 0.2) is 6.61 Å². The summed E-state index contributed by atoms with van der Waals surface area (Å²) in [5.41, 5.74) is 1.93. The van der Waals surface area contributed by atoms with Gasteiger partial charge in [-0.15, -0.1) is 0 Å². The summed E-state index contributed by atoms with van der Waals surface area (Å²) in [5.74, 6) is -0.521. The van der Waals surface area contributed by atoms with Crippen LogP contribution >= 0.6 is 0 Å². The summed E-state index contributed by atoms with van der Waals surface area (Å²) < 4.78 is 5.29. The Bertz CT molecular complexity index is 696. The molecule has 0 unspecified atom stereocenters. The lowest BCUT2D eigenvalue weighted by Crippen LogP contribution is -2.39. The van der Waals surface area contributed by atoms with Gasteiger partial charge in [0, 0.05) is 32.4 Å².